The summed E-state index contributed by atoms with van der Waals surface area (Å²) in [4.78, 5) is 0. The van der Waals surface area contributed by atoms with Gasteiger partial charge in [-0.15, -0.1) is 0 Å². The fourth-order valence-electron chi connectivity index (χ4n) is 2.90. The van der Waals surface area contributed by atoms with Crippen LogP contribution in [0.5, 0.6) is 5.75 Å². The van der Waals surface area contributed by atoms with E-state index in [1.54, 1.807) is 7.11 Å². The molecule has 2 rings (SSSR count). The molecule has 20 heavy (non-hydrogen) atoms. The quantitative estimate of drug-likeness (QED) is 0.895. The molecule has 1 fully saturated rings. The lowest BCUT2D eigenvalue weighted by atomic mass is 9.80. The molecule has 1 saturated carbocycles. The molecule has 3 unspecified atom stereocenters. The molecule has 0 saturated heterocycles. The number of ether oxygens (including phenoxy) is 2. The third kappa shape index (κ3) is 3.74. The van der Waals surface area contributed by atoms with Crippen molar-refractivity contribution in [2.45, 2.75) is 52.4 Å². The fraction of sp³-hybridized carbons (Fsp3) is 0.647. The maximum atomic E-state index is 9.22. The fourth-order valence-corrected chi connectivity index (χ4v) is 2.90. The molecule has 3 atom stereocenters. The van der Waals surface area contributed by atoms with Gasteiger partial charge in [-0.05, 0) is 48.8 Å². The summed E-state index contributed by atoms with van der Waals surface area (Å²) in [7, 11) is 1.67. The maximum absolute atomic E-state index is 9.22. The first-order valence-corrected chi connectivity index (χ1v) is 7.52. The molecule has 0 amide bonds. The second-order valence-corrected chi connectivity index (χ2v) is 6.00. The molecule has 3 nitrogen and oxygen atoms in total. The summed E-state index contributed by atoms with van der Waals surface area (Å²) in [5.41, 5.74) is 1.92. The highest BCUT2D eigenvalue weighted by Crippen LogP contribution is 2.32. The number of rotatable bonds is 5. The van der Waals surface area contributed by atoms with E-state index in [2.05, 4.69) is 13.8 Å². The third-order valence-corrected chi connectivity index (χ3v) is 4.55. The van der Waals surface area contributed by atoms with Gasteiger partial charge in [-0.3, -0.25) is 0 Å². The second kappa shape index (κ2) is 7.09. The Morgan fingerprint density at radius 2 is 2.00 bits per heavy atom. The monoisotopic (exact) mass is 278 g/mol. The van der Waals surface area contributed by atoms with E-state index >= 15 is 0 Å². The molecule has 0 aromatic heterocycles. The van der Waals surface area contributed by atoms with Crippen molar-refractivity contribution in [1.82, 2.24) is 0 Å². The van der Waals surface area contributed by atoms with Gasteiger partial charge in [-0.1, -0.05) is 19.9 Å². The van der Waals surface area contributed by atoms with Crippen LogP contribution in [0.1, 0.15) is 44.2 Å². The molecule has 1 aromatic carbocycles. The van der Waals surface area contributed by atoms with E-state index in [-0.39, 0.29) is 6.61 Å². The van der Waals surface area contributed by atoms with Gasteiger partial charge in [0.1, 0.15) is 5.75 Å². The number of methoxy groups -OCH3 is 1. The van der Waals surface area contributed by atoms with Crippen LogP contribution in [-0.2, 0) is 18.0 Å². The molecule has 3 heteroatoms. The summed E-state index contributed by atoms with van der Waals surface area (Å²) in [5.74, 6) is 2.38. The van der Waals surface area contributed by atoms with E-state index < -0.39 is 0 Å². The Hall–Kier alpha value is -1.06. The zero-order valence-corrected chi connectivity index (χ0v) is 12.8. The molecule has 0 aliphatic heterocycles. The molecule has 1 aliphatic carbocycles. The zero-order chi connectivity index (χ0) is 14.5. The molecule has 0 bridgehead atoms. The van der Waals surface area contributed by atoms with Gasteiger partial charge in [0.05, 0.1) is 26.4 Å². The topological polar surface area (TPSA) is 38.7 Å². The Bertz CT molecular complexity index is 430. The number of benzene rings is 1. The molecule has 1 N–H and O–H groups in total. The van der Waals surface area contributed by atoms with Crippen LogP contribution < -0.4 is 4.74 Å². The summed E-state index contributed by atoms with van der Waals surface area (Å²) >= 11 is 0. The lowest BCUT2D eigenvalue weighted by Gasteiger charge is -2.32. The summed E-state index contributed by atoms with van der Waals surface area (Å²) in [6.07, 6.45) is 3.89. The molecular formula is C17H26O3. The van der Waals surface area contributed by atoms with Crippen LogP contribution in [-0.4, -0.2) is 18.3 Å². The van der Waals surface area contributed by atoms with Crippen LogP contribution in [0.25, 0.3) is 0 Å². The normalized spacial score (nSPS) is 26.5. The minimum Gasteiger partial charge on any atom is -0.496 e. The molecule has 1 aromatic rings. The van der Waals surface area contributed by atoms with Crippen molar-refractivity contribution in [1.29, 1.82) is 0 Å². The SMILES string of the molecule is COc1ccc(CO)cc1COC1CCC(C)C(C)C1. The number of hydrogen-bond donors (Lipinski definition) is 1. The first-order valence-electron chi connectivity index (χ1n) is 7.52. The Balaban J connectivity index is 1.96. The summed E-state index contributed by atoms with van der Waals surface area (Å²) in [5, 5.41) is 9.22. The largest absolute Gasteiger partial charge is 0.496 e. The highest BCUT2D eigenvalue weighted by atomic mass is 16.5. The van der Waals surface area contributed by atoms with Gasteiger partial charge >= 0.3 is 0 Å². The number of hydrogen-bond acceptors (Lipinski definition) is 3. The Kier molecular flexibility index (Phi) is 5.44. The van der Waals surface area contributed by atoms with Gasteiger partial charge in [-0.2, -0.15) is 0 Å². The molecule has 0 heterocycles. The van der Waals surface area contributed by atoms with E-state index in [4.69, 9.17) is 9.47 Å². The van der Waals surface area contributed by atoms with Crippen molar-refractivity contribution in [2.75, 3.05) is 7.11 Å². The van der Waals surface area contributed by atoms with Crippen molar-refractivity contribution < 1.29 is 14.6 Å². The lowest BCUT2D eigenvalue weighted by Crippen LogP contribution is -2.26. The third-order valence-electron chi connectivity index (χ3n) is 4.55. The van der Waals surface area contributed by atoms with E-state index in [0.717, 1.165) is 41.6 Å². The highest BCUT2D eigenvalue weighted by molar-refractivity contribution is 5.36. The van der Waals surface area contributed by atoms with Crippen LogP contribution in [0, 0.1) is 11.8 Å². The first kappa shape index (κ1) is 15.3. The predicted octanol–water partition coefficient (Wildman–Crippen LogP) is 3.53. The lowest BCUT2D eigenvalue weighted by molar-refractivity contribution is -0.00811. The summed E-state index contributed by atoms with van der Waals surface area (Å²) in [6.45, 7) is 5.25. The van der Waals surface area contributed by atoms with Crippen LogP contribution in [0.3, 0.4) is 0 Å². The van der Waals surface area contributed by atoms with Gasteiger partial charge in [0.2, 0.25) is 0 Å². The van der Waals surface area contributed by atoms with Crippen molar-refractivity contribution in [2.24, 2.45) is 11.8 Å². The van der Waals surface area contributed by atoms with Gasteiger partial charge in [0.25, 0.3) is 0 Å². The standard InChI is InChI=1S/C17H26O3/c1-12-4-6-16(8-13(12)2)20-11-15-9-14(10-18)5-7-17(15)19-3/h5,7,9,12-13,16,18H,4,6,8,10-11H2,1-3H3. The molecular weight excluding hydrogens is 252 g/mol. The number of aliphatic hydroxyl groups is 1. The van der Waals surface area contributed by atoms with Crippen molar-refractivity contribution in [3.05, 3.63) is 29.3 Å². The Morgan fingerprint density at radius 1 is 1.20 bits per heavy atom. The van der Waals surface area contributed by atoms with E-state index in [0.29, 0.717) is 12.7 Å². The summed E-state index contributed by atoms with van der Waals surface area (Å²) in [6, 6.07) is 5.75. The van der Waals surface area contributed by atoms with Gasteiger partial charge in [0, 0.05) is 5.56 Å². The average molecular weight is 278 g/mol. The molecule has 0 spiro atoms. The zero-order valence-electron chi connectivity index (χ0n) is 12.8. The molecule has 1 aliphatic rings. The van der Waals surface area contributed by atoms with Crippen LogP contribution in [0.15, 0.2) is 18.2 Å². The minimum absolute atomic E-state index is 0.0506. The maximum Gasteiger partial charge on any atom is 0.124 e. The van der Waals surface area contributed by atoms with Crippen LogP contribution in [0.2, 0.25) is 0 Å². The van der Waals surface area contributed by atoms with Crippen molar-refractivity contribution >= 4 is 0 Å². The smallest absolute Gasteiger partial charge is 0.124 e. The van der Waals surface area contributed by atoms with E-state index in [9.17, 15) is 5.11 Å². The average Bonchev–Trinajstić information content (AvgIpc) is 2.48. The van der Waals surface area contributed by atoms with Crippen LogP contribution >= 0.6 is 0 Å². The Labute approximate surface area is 121 Å². The molecule has 112 valence electrons. The predicted molar refractivity (Wildman–Crippen MR) is 79.7 cm³/mol. The Morgan fingerprint density at radius 3 is 2.65 bits per heavy atom. The molecule has 0 radical (unpaired) electrons. The van der Waals surface area contributed by atoms with E-state index in [1.807, 2.05) is 18.2 Å². The van der Waals surface area contributed by atoms with E-state index in [1.165, 1.54) is 6.42 Å². The van der Waals surface area contributed by atoms with Crippen LogP contribution in [0.4, 0.5) is 0 Å². The second-order valence-electron chi connectivity index (χ2n) is 6.00. The van der Waals surface area contributed by atoms with Crippen molar-refractivity contribution in [3.63, 3.8) is 0 Å². The highest BCUT2D eigenvalue weighted by Gasteiger charge is 2.25. The number of aliphatic hydroxyl groups excluding tert-OH is 1. The summed E-state index contributed by atoms with van der Waals surface area (Å²) < 4.78 is 11.4. The van der Waals surface area contributed by atoms with Crippen molar-refractivity contribution in [3.8, 4) is 5.75 Å². The first-order chi connectivity index (χ1) is 9.63. The van der Waals surface area contributed by atoms with Gasteiger partial charge < -0.3 is 14.6 Å². The minimum atomic E-state index is 0.0506. The van der Waals surface area contributed by atoms with Gasteiger partial charge in [0.15, 0.2) is 0 Å². The van der Waals surface area contributed by atoms with Gasteiger partial charge in [-0.25, -0.2) is 0 Å².